The monoisotopic (exact) mass is 609 g/mol. The number of ketones is 1. The molecule has 2 aliphatic rings. The molecule has 0 atom stereocenters. The number of aliphatic hydroxyl groups excluding tert-OH is 1. The van der Waals surface area contributed by atoms with Gasteiger partial charge in [-0.1, -0.05) is 85.8 Å². The number of hydrogen-bond donors (Lipinski definition) is 3. The van der Waals surface area contributed by atoms with Crippen LogP contribution in [0.4, 0.5) is 4.39 Å². The molecule has 1 aliphatic carbocycles. The summed E-state index contributed by atoms with van der Waals surface area (Å²) < 4.78 is 14.7. The molecule has 2 aromatic carbocycles. The van der Waals surface area contributed by atoms with Gasteiger partial charge in [-0.25, -0.2) is 4.39 Å². The number of carbonyl (C=O) groups is 1. The minimum atomic E-state index is -0.621. The Labute approximate surface area is 263 Å². The molecule has 0 unspecified atom stereocenters. The SMILES string of the molecule is C#Cc1c(-c2cnc3c(Cc4ccc(C(=O)C(=N)CCCCCCC(=N)CCO)c(CC)c4)ccccc2-3)ccc(Cl)c1F. The summed E-state index contributed by atoms with van der Waals surface area (Å²) in [6.45, 7) is 2.02. The zero-order valence-corrected chi connectivity index (χ0v) is 25.7. The predicted octanol–water partition coefficient (Wildman–Crippen LogP) is 8.73. The quantitative estimate of drug-likeness (QED) is 0.0544. The number of Topliss-reactive ketones (excluding diaryl/α,β-unsaturated/α-hetero) is 1. The molecule has 7 heteroatoms. The van der Waals surface area contributed by atoms with Crippen molar-refractivity contribution in [2.45, 2.75) is 64.7 Å². The zero-order chi connectivity index (χ0) is 31.6. The number of unbranched alkanes of at least 4 members (excludes halogenated alkanes) is 3. The molecule has 0 radical (unpaired) electrons. The first-order chi connectivity index (χ1) is 21.3. The van der Waals surface area contributed by atoms with Crippen LogP contribution in [0.15, 0.2) is 60.8 Å². The van der Waals surface area contributed by atoms with E-state index >= 15 is 0 Å². The largest absolute Gasteiger partial charge is 0.396 e. The molecule has 0 saturated carbocycles. The first kappa shape index (κ1) is 32.7. The Balaban J connectivity index is 1.46. The lowest BCUT2D eigenvalue weighted by molar-refractivity contribution is 0.106. The average molecular weight is 610 g/mol. The van der Waals surface area contributed by atoms with Gasteiger partial charge in [0.2, 0.25) is 5.78 Å². The molecule has 5 nitrogen and oxygen atoms in total. The smallest absolute Gasteiger partial charge is 0.206 e. The van der Waals surface area contributed by atoms with Gasteiger partial charge in [0, 0.05) is 47.2 Å². The molecule has 3 N–H and O–H groups in total. The molecule has 4 rings (SSSR count). The summed E-state index contributed by atoms with van der Waals surface area (Å²) in [5, 5.41) is 25.0. The maximum Gasteiger partial charge on any atom is 0.206 e. The highest BCUT2D eigenvalue weighted by Gasteiger charge is 2.21. The van der Waals surface area contributed by atoms with E-state index in [9.17, 15) is 9.18 Å². The summed E-state index contributed by atoms with van der Waals surface area (Å²) in [7, 11) is 0. The first-order valence-electron chi connectivity index (χ1n) is 15.0. The van der Waals surface area contributed by atoms with Crippen LogP contribution in [0.1, 0.15) is 84.5 Å². The lowest BCUT2D eigenvalue weighted by atomic mass is 9.92. The number of aliphatic hydroxyl groups is 1. The van der Waals surface area contributed by atoms with Crippen molar-refractivity contribution in [2.75, 3.05) is 6.61 Å². The van der Waals surface area contributed by atoms with E-state index in [-0.39, 0.29) is 28.7 Å². The van der Waals surface area contributed by atoms with Crippen molar-refractivity contribution in [3.05, 3.63) is 99.5 Å². The second kappa shape index (κ2) is 15.5. The standard InChI is InChI=1S/C37H37ClFN3O2/c1-3-25-21-24(15-16-29(25)37(44)34(41)14-8-6-5-7-12-27(40)19-20-43)22-26-11-9-10-13-31-32(23-42-36(26)31)30-17-18-33(38)35(39)28(30)4-2/h2,9-11,13,15-18,21,23,40-41,43H,3,5-8,12,14,19-20,22H2,1H3. The summed E-state index contributed by atoms with van der Waals surface area (Å²) in [5.41, 5.74) is 7.21. The Bertz CT molecular complexity index is 1690. The van der Waals surface area contributed by atoms with Crippen molar-refractivity contribution in [1.82, 2.24) is 4.98 Å². The third-order valence-corrected chi connectivity index (χ3v) is 8.20. The van der Waals surface area contributed by atoms with E-state index in [0.29, 0.717) is 48.9 Å². The van der Waals surface area contributed by atoms with Crippen molar-refractivity contribution in [3.63, 3.8) is 0 Å². The predicted molar refractivity (Wildman–Crippen MR) is 177 cm³/mol. The number of aryl methyl sites for hydroxylation is 1. The topological polar surface area (TPSA) is 97.9 Å². The molecule has 1 aliphatic heterocycles. The molecule has 44 heavy (non-hydrogen) atoms. The van der Waals surface area contributed by atoms with Crippen LogP contribution < -0.4 is 0 Å². The minimum Gasteiger partial charge on any atom is -0.396 e. The number of rotatable bonds is 15. The van der Waals surface area contributed by atoms with Crippen molar-refractivity contribution in [3.8, 4) is 34.7 Å². The van der Waals surface area contributed by atoms with E-state index in [1.807, 2.05) is 49.4 Å². The first-order valence-corrected chi connectivity index (χ1v) is 15.4. The second-order valence-corrected chi connectivity index (χ2v) is 11.3. The summed E-state index contributed by atoms with van der Waals surface area (Å²) in [6.07, 6.45) is 13.6. The number of carbonyl (C=O) groups excluding carboxylic acids is 1. The van der Waals surface area contributed by atoms with Crippen molar-refractivity contribution >= 4 is 28.8 Å². The van der Waals surface area contributed by atoms with Crippen molar-refractivity contribution < 1.29 is 14.3 Å². The molecule has 226 valence electrons. The summed E-state index contributed by atoms with van der Waals surface area (Å²) in [5.74, 6) is 1.59. The average Bonchev–Trinajstić information content (AvgIpc) is 3.34. The molecule has 1 heterocycles. The van der Waals surface area contributed by atoms with Crippen LogP contribution in [0, 0.1) is 29.0 Å². The van der Waals surface area contributed by atoms with Crippen LogP contribution in [-0.4, -0.2) is 33.9 Å². The van der Waals surface area contributed by atoms with Gasteiger partial charge in [-0.2, -0.15) is 0 Å². The highest BCUT2D eigenvalue weighted by atomic mass is 35.5. The molecule has 0 bridgehead atoms. The maximum absolute atomic E-state index is 14.7. The van der Waals surface area contributed by atoms with Crippen LogP contribution >= 0.6 is 11.6 Å². The molecule has 0 amide bonds. The van der Waals surface area contributed by atoms with Crippen LogP contribution in [0.3, 0.4) is 0 Å². The number of aromatic nitrogens is 1. The van der Waals surface area contributed by atoms with Gasteiger partial charge in [0.25, 0.3) is 0 Å². The van der Waals surface area contributed by atoms with Gasteiger partial charge in [0.1, 0.15) is 0 Å². The van der Waals surface area contributed by atoms with Gasteiger partial charge in [-0.15, -0.1) is 6.42 Å². The third kappa shape index (κ3) is 7.66. The third-order valence-electron chi connectivity index (χ3n) is 7.91. The number of nitrogens with one attached hydrogen (secondary N) is 2. The number of fused-ring (bicyclic) bond motifs is 1. The van der Waals surface area contributed by atoms with Gasteiger partial charge in [0.15, 0.2) is 5.82 Å². The van der Waals surface area contributed by atoms with Gasteiger partial charge in [-0.05, 0) is 61.3 Å². The van der Waals surface area contributed by atoms with Gasteiger partial charge < -0.3 is 15.9 Å². The van der Waals surface area contributed by atoms with Gasteiger partial charge in [-0.3, -0.25) is 9.78 Å². The van der Waals surface area contributed by atoms with E-state index < -0.39 is 5.82 Å². The fourth-order valence-corrected chi connectivity index (χ4v) is 5.67. The molecule has 2 aromatic rings. The highest BCUT2D eigenvalue weighted by Crippen LogP contribution is 2.38. The van der Waals surface area contributed by atoms with Gasteiger partial charge in [0.05, 0.1) is 22.0 Å². The Morgan fingerprint density at radius 2 is 1.70 bits per heavy atom. The van der Waals surface area contributed by atoms with E-state index in [0.717, 1.165) is 59.2 Å². The second-order valence-electron chi connectivity index (χ2n) is 10.9. The van der Waals surface area contributed by atoms with E-state index in [2.05, 4.69) is 5.92 Å². The summed E-state index contributed by atoms with van der Waals surface area (Å²) in [6, 6.07) is 16.9. The van der Waals surface area contributed by atoms with Crippen LogP contribution in [0.5, 0.6) is 0 Å². The highest BCUT2D eigenvalue weighted by molar-refractivity contribution is 6.45. The zero-order valence-electron chi connectivity index (χ0n) is 25.0. The fourth-order valence-electron chi connectivity index (χ4n) is 5.52. The number of terminal acetylenes is 1. The number of hydrogen-bond acceptors (Lipinski definition) is 5. The molecule has 0 fully saturated rings. The lowest BCUT2D eigenvalue weighted by Gasteiger charge is -2.12. The minimum absolute atomic E-state index is 0.0166. The van der Waals surface area contributed by atoms with Crippen molar-refractivity contribution in [1.29, 1.82) is 10.8 Å². The fraction of sp³-hybridized carbons (Fsp3) is 0.297. The normalized spacial score (nSPS) is 11.0. The Hall–Kier alpha value is -4.18. The molecular formula is C37H37ClFN3O2. The molecule has 0 spiro atoms. The molecular weight excluding hydrogens is 573 g/mol. The van der Waals surface area contributed by atoms with Gasteiger partial charge >= 0.3 is 0 Å². The molecule has 0 saturated heterocycles. The maximum atomic E-state index is 14.7. The van der Waals surface area contributed by atoms with E-state index in [1.165, 1.54) is 6.07 Å². The summed E-state index contributed by atoms with van der Waals surface area (Å²) in [4.78, 5) is 17.9. The lowest BCUT2D eigenvalue weighted by Crippen LogP contribution is -2.15. The Morgan fingerprint density at radius 3 is 2.43 bits per heavy atom. The number of halogens is 2. The van der Waals surface area contributed by atoms with Crippen LogP contribution in [0.25, 0.3) is 22.4 Å². The van der Waals surface area contributed by atoms with Crippen molar-refractivity contribution in [2.24, 2.45) is 0 Å². The Kier molecular flexibility index (Phi) is 11.5. The number of benzene rings is 2. The molecule has 0 aromatic heterocycles. The van der Waals surface area contributed by atoms with Crippen LogP contribution in [-0.2, 0) is 12.8 Å². The van der Waals surface area contributed by atoms with E-state index in [4.69, 9.17) is 38.9 Å². The summed E-state index contributed by atoms with van der Waals surface area (Å²) >= 11 is 5.98. The van der Waals surface area contributed by atoms with Crippen LogP contribution in [0.2, 0.25) is 5.02 Å². The number of nitrogens with zero attached hydrogens (tertiary/aromatic N) is 1. The Morgan fingerprint density at radius 1 is 0.955 bits per heavy atom. The van der Waals surface area contributed by atoms with E-state index in [1.54, 1.807) is 12.3 Å².